The fourth-order valence-electron chi connectivity index (χ4n) is 6.81. The summed E-state index contributed by atoms with van der Waals surface area (Å²) in [5.41, 5.74) is 4.90. The number of rotatable bonds is 3. The number of aromatic nitrogens is 1. The van der Waals surface area contributed by atoms with Crippen molar-refractivity contribution in [2.24, 2.45) is 0 Å². The van der Waals surface area contributed by atoms with Crippen LogP contribution in [0.25, 0.3) is 10.9 Å². The molecule has 33 heavy (non-hydrogen) atoms. The lowest BCUT2D eigenvalue weighted by Gasteiger charge is -2.47. The molecule has 3 aliphatic rings. The largest absolute Gasteiger partial charge is 0.357 e. The fraction of sp³-hybridized carbons (Fsp3) is 0.483. The minimum absolute atomic E-state index is 0.00603. The molecule has 1 aromatic heterocycles. The van der Waals surface area contributed by atoms with Crippen molar-refractivity contribution in [1.82, 2.24) is 15.6 Å². The van der Waals surface area contributed by atoms with E-state index in [1.807, 2.05) is 0 Å². The van der Waals surface area contributed by atoms with E-state index in [1.54, 1.807) is 0 Å². The third kappa shape index (κ3) is 3.69. The van der Waals surface area contributed by atoms with Crippen LogP contribution in [-0.4, -0.2) is 23.0 Å². The smallest absolute Gasteiger partial charge is 0.238 e. The number of carbonyl (C=O) groups excluding carboxylic acids is 1. The molecule has 3 aromatic rings. The Morgan fingerprint density at radius 2 is 1.55 bits per heavy atom. The second-order valence-corrected chi connectivity index (χ2v) is 10.5. The van der Waals surface area contributed by atoms with Crippen LogP contribution in [-0.2, 0) is 10.3 Å². The van der Waals surface area contributed by atoms with Crippen LogP contribution in [0.1, 0.15) is 86.9 Å². The van der Waals surface area contributed by atoms with Gasteiger partial charge in [0.15, 0.2) is 0 Å². The van der Waals surface area contributed by atoms with E-state index in [0.717, 1.165) is 25.7 Å². The molecule has 4 heteroatoms. The third-order valence-corrected chi connectivity index (χ3v) is 8.40. The van der Waals surface area contributed by atoms with Gasteiger partial charge in [-0.3, -0.25) is 10.1 Å². The van der Waals surface area contributed by atoms with Crippen LogP contribution >= 0.6 is 0 Å². The summed E-state index contributed by atoms with van der Waals surface area (Å²) in [6.45, 7) is 0. The van der Waals surface area contributed by atoms with Gasteiger partial charge in [-0.05, 0) is 42.9 Å². The zero-order chi connectivity index (χ0) is 22.3. The van der Waals surface area contributed by atoms with E-state index in [4.69, 9.17) is 0 Å². The van der Waals surface area contributed by atoms with Gasteiger partial charge < -0.3 is 10.3 Å². The molecule has 3 N–H and O–H groups in total. The Hall–Kier alpha value is -2.59. The number of H-pyrrole nitrogens is 1. The van der Waals surface area contributed by atoms with Crippen LogP contribution in [0.4, 0.5) is 0 Å². The molecule has 1 aliphatic heterocycles. The number of nitrogens with one attached hydrogen (secondary N) is 3. The summed E-state index contributed by atoms with van der Waals surface area (Å²) >= 11 is 0. The molecule has 2 aromatic carbocycles. The lowest BCUT2D eigenvalue weighted by atomic mass is 9.69. The lowest BCUT2D eigenvalue weighted by molar-refractivity contribution is -0.125. The molecule has 2 fully saturated rings. The predicted octanol–water partition coefficient (Wildman–Crippen LogP) is 5.88. The Labute approximate surface area is 196 Å². The number of benzene rings is 2. The first-order chi connectivity index (χ1) is 16.3. The van der Waals surface area contributed by atoms with Gasteiger partial charge in [-0.25, -0.2) is 0 Å². The molecule has 2 atom stereocenters. The molecule has 0 saturated heterocycles. The summed E-state index contributed by atoms with van der Waals surface area (Å²) in [5.74, 6) is 0.171. The van der Waals surface area contributed by atoms with E-state index >= 15 is 0 Å². The molecule has 172 valence electrons. The Morgan fingerprint density at radius 3 is 2.33 bits per heavy atom. The average Bonchev–Trinajstić information content (AvgIpc) is 3.26. The SMILES string of the molecule is O=C(NC1CCCCC1)[C@H]1NC2(CCCCC2)c2[nH]c3ccccc3c2[C@H]1c1ccccc1. The van der Waals surface area contributed by atoms with Crippen molar-refractivity contribution >= 4 is 16.8 Å². The summed E-state index contributed by atoms with van der Waals surface area (Å²) in [4.78, 5) is 17.8. The Morgan fingerprint density at radius 1 is 0.848 bits per heavy atom. The molecule has 1 spiro atoms. The van der Waals surface area contributed by atoms with Crippen LogP contribution in [0.5, 0.6) is 0 Å². The van der Waals surface area contributed by atoms with Crippen molar-refractivity contribution < 1.29 is 4.79 Å². The van der Waals surface area contributed by atoms with Gasteiger partial charge in [0.25, 0.3) is 0 Å². The molecule has 0 bridgehead atoms. The minimum atomic E-state index is -0.265. The standard InChI is InChI=1S/C29H35N3O/c33-28(30-21-14-6-2-7-15-21)26-24(20-12-4-1-5-13-20)25-22-16-8-9-17-23(22)31-27(25)29(32-26)18-10-3-11-19-29/h1,4-5,8-9,12-13,16-17,21,24,26,31-32H,2-3,6-7,10-11,14-15,18-19H2,(H,30,33)/t24-,26+/m1/s1. The van der Waals surface area contributed by atoms with E-state index < -0.39 is 0 Å². The molecule has 6 rings (SSSR count). The number of hydrogen-bond acceptors (Lipinski definition) is 2. The van der Waals surface area contributed by atoms with Crippen LogP contribution in [0.15, 0.2) is 54.6 Å². The van der Waals surface area contributed by atoms with Gasteiger partial charge in [-0.2, -0.15) is 0 Å². The van der Waals surface area contributed by atoms with E-state index in [9.17, 15) is 4.79 Å². The Balaban J connectivity index is 1.50. The molecule has 0 radical (unpaired) electrons. The van der Waals surface area contributed by atoms with Crippen molar-refractivity contribution in [2.45, 2.75) is 87.7 Å². The quantitative estimate of drug-likeness (QED) is 0.475. The molecule has 2 heterocycles. The van der Waals surface area contributed by atoms with Crippen molar-refractivity contribution in [2.75, 3.05) is 0 Å². The van der Waals surface area contributed by atoms with E-state index in [2.05, 4.69) is 70.2 Å². The van der Waals surface area contributed by atoms with E-state index in [1.165, 1.54) is 66.2 Å². The highest BCUT2D eigenvalue weighted by Crippen LogP contribution is 2.49. The zero-order valence-electron chi connectivity index (χ0n) is 19.4. The summed E-state index contributed by atoms with van der Waals surface area (Å²) in [5, 5.41) is 8.72. The highest BCUT2D eigenvalue weighted by atomic mass is 16.2. The molecule has 1 amide bonds. The maximum atomic E-state index is 14.0. The van der Waals surface area contributed by atoms with Crippen LogP contribution in [0.3, 0.4) is 0 Å². The summed E-state index contributed by atoms with van der Waals surface area (Å²) in [7, 11) is 0. The topological polar surface area (TPSA) is 56.9 Å². The molecular formula is C29H35N3O. The van der Waals surface area contributed by atoms with Gasteiger partial charge in [-0.15, -0.1) is 0 Å². The van der Waals surface area contributed by atoms with Gasteiger partial charge in [0.05, 0.1) is 11.6 Å². The number of fused-ring (bicyclic) bond motifs is 4. The second kappa shape index (κ2) is 8.64. The van der Waals surface area contributed by atoms with Gasteiger partial charge in [0.1, 0.15) is 0 Å². The minimum Gasteiger partial charge on any atom is -0.357 e. The summed E-state index contributed by atoms with van der Waals surface area (Å²) in [6, 6.07) is 19.4. The third-order valence-electron chi connectivity index (χ3n) is 8.40. The summed E-state index contributed by atoms with van der Waals surface area (Å²) < 4.78 is 0. The summed E-state index contributed by atoms with van der Waals surface area (Å²) in [6.07, 6.45) is 11.8. The van der Waals surface area contributed by atoms with E-state index in [0.29, 0.717) is 6.04 Å². The zero-order valence-corrected chi connectivity index (χ0v) is 19.4. The number of amides is 1. The highest BCUT2D eigenvalue weighted by Gasteiger charge is 2.49. The van der Waals surface area contributed by atoms with Crippen molar-refractivity contribution in [3.63, 3.8) is 0 Å². The first-order valence-corrected chi connectivity index (χ1v) is 13.0. The molecule has 0 unspecified atom stereocenters. The van der Waals surface area contributed by atoms with Crippen molar-refractivity contribution in [3.05, 3.63) is 71.4 Å². The van der Waals surface area contributed by atoms with Gasteiger partial charge >= 0.3 is 0 Å². The van der Waals surface area contributed by atoms with Crippen LogP contribution < -0.4 is 10.6 Å². The fourth-order valence-corrected chi connectivity index (χ4v) is 6.81. The number of aromatic amines is 1. The number of para-hydroxylation sites is 1. The molecule has 2 aliphatic carbocycles. The Bertz CT molecular complexity index is 1120. The first-order valence-electron chi connectivity index (χ1n) is 13.0. The van der Waals surface area contributed by atoms with Gasteiger partial charge in [-0.1, -0.05) is 87.1 Å². The molecule has 2 saturated carbocycles. The maximum Gasteiger partial charge on any atom is 0.238 e. The van der Waals surface area contributed by atoms with Gasteiger partial charge in [0, 0.05) is 28.6 Å². The van der Waals surface area contributed by atoms with Crippen molar-refractivity contribution in [1.29, 1.82) is 0 Å². The lowest BCUT2D eigenvalue weighted by Crippen LogP contribution is -2.61. The Kier molecular flexibility index (Phi) is 5.49. The second-order valence-electron chi connectivity index (χ2n) is 10.5. The van der Waals surface area contributed by atoms with Crippen LogP contribution in [0.2, 0.25) is 0 Å². The van der Waals surface area contributed by atoms with Gasteiger partial charge in [0.2, 0.25) is 5.91 Å². The maximum absolute atomic E-state index is 14.0. The molecule has 4 nitrogen and oxygen atoms in total. The number of hydrogen-bond donors (Lipinski definition) is 3. The average molecular weight is 442 g/mol. The molecular weight excluding hydrogens is 406 g/mol. The normalized spacial score (nSPS) is 25.1. The number of carbonyl (C=O) groups is 1. The van der Waals surface area contributed by atoms with Crippen LogP contribution in [0, 0.1) is 0 Å². The predicted molar refractivity (Wildman–Crippen MR) is 133 cm³/mol. The highest BCUT2D eigenvalue weighted by molar-refractivity contribution is 5.91. The monoisotopic (exact) mass is 441 g/mol. The first kappa shape index (κ1) is 21.0. The van der Waals surface area contributed by atoms with E-state index in [-0.39, 0.29) is 23.4 Å². The van der Waals surface area contributed by atoms with Crippen molar-refractivity contribution in [3.8, 4) is 0 Å².